The molecule has 3 amide bonds. The number of alkyl halides is 3. The summed E-state index contributed by atoms with van der Waals surface area (Å²) >= 11 is 6.81. The number of nitrogens with one attached hydrogen (secondary N) is 3. The minimum absolute atomic E-state index is 0.0285. The first-order valence-electron chi connectivity index (χ1n) is 13.8. The van der Waals surface area contributed by atoms with Gasteiger partial charge >= 0.3 is 6.18 Å². The van der Waals surface area contributed by atoms with Gasteiger partial charge in [0.25, 0.3) is 11.8 Å². The second-order valence-electron chi connectivity index (χ2n) is 9.95. The van der Waals surface area contributed by atoms with E-state index in [1.165, 1.54) is 6.07 Å². The Labute approximate surface area is 271 Å². The molecular formula is C35H25ClF3N3O3S. The molecule has 0 saturated heterocycles. The van der Waals surface area contributed by atoms with Gasteiger partial charge in [-0.2, -0.15) is 13.2 Å². The van der Waals surface area contributed by atoms with Gasteiger partial charge in [0, 0.05) is 21.2 Å². The lowest BCUT2D eigenvalue weighted by Gasteiger charge is -2.14. The third kappa shape index (κ3) is 8.35. The molecule has 232 valence electrons. The van der Waals surface area contributed by atoms with Crippen molar-refractivity contribution in [3.8, 4) is 0 Å². The molecule has 0 heterocycles. The van der Waals surface area contributed by atoms with Gasteiger partial charge < -0.3 is 16.0 Å². The molecule has 5 rings (SSSR count). The molecule has 0 atom stereocenters. The molecule has 0 spiro atoms. The first-order valence-corrected chi connectivity index (χ1v) is 15.2. The third-order valence-corrected chi connectivity index (χ3v) is 7.94. The molecule has 0 aliphatic rings. The first kappa shape index (κ1) is 32.3. The zero-order chi connectivity index (χ0) is 32.7. The highest BCUT2D eigenvalue weighted by Crippen LogP contribution is 2.36. The molecule has 0 aromatic heterocycles. The van der Waals surface area contributed by atoms with E-state index >= 15 is 0 Å². The van der Waals surface area contributed by atoms with Crippen LogP contribution < -0.4 is 16.0 Å². The average Bonchev–Trinajstić information content (AvgIpc) is 3.05. The molecule has 0 aliphatic heterocycles. The lowest BCUT2D eigenvalue weighted by molar-refractivity contribution is -0.137. The smallest absolute Gasteiger partial charge is 0.325 e. The standard InChI is InChI=1S/C35H25ClF3N3O3S/c36-25-13-18-30(29(20-25)35(37,38)39)41-32(43)21-46-27-16-14-26(15-17-27)40-34(45)31(42-33(44)23-8-2-1-3-9-23)19-24-11-6-10-22-7-4-5-12-28(22)24/h1-20H,21H2,(H,40,45)(H,41,43)(H,42,44)/b31-19-. The quantitative estimate of drug-likeness (QED) is 0.109. The van der Waals surface area contributed by atoms with Gasteiger partial charge in [0.05, 0.1) is 17.0 Å². The summed E-state index contributed by atoms with van der Waals surface area (Å²) in [7, 11) is 0. The van der Waals surface area contributed by atoms with Gasteiger partial charge in [-0.1, -0.05) is 72.3 Å². The van der Waals surface area contributed by atoms with Gasteiger partial charge in [-0.25, -0.2) is 0 Å². The van der Waals surface area contributed by atoms with Crippen LogP contribution in [0, 0.1) is 0 Å². The van der Waals surface area contributed by atoms with Crippen LogP contribution in [0.25, 0.3) is 16.8 Å². The zero-order valence-corrected chi connectivity index (χ0v) is 25.5. The summed E-state index contributed by atoms with van der Waals surface area (Å²) in [6.45, 7) is 0. The number of carbonyl (C=O) groups is 3. The fourth-order valence-corrected chi connectivity index (χ4v) is 5.37. The van der Waals surface area contributed by atoms with Gasteiger partial charge in [-0.15, -0.1) is 11.8 Å². The second-order valence-corrected chi connectivity index (χ2v) is 11.4. The highest BCUT2D eigenvalue weighted by atomic mass is 35.5. The Hall–Kier alpha value is -5.06. The van der Waals surface area contributed by atoms with Crippen LogP contribution in [0.15, 0.2) is 126 Å². The third-order valence-electron chi connectivity index (χ3n) is 6.70. The minimum atomic E-state index is -4.69. The molecule has 6 nitrogen and oxygen atoms in total. The number of halogens is 4. The number of benzene rings is 5. The Morgan fingerprint density at radius 2 is 1.48 bits per heavy atom. The van der Waals surface area contributed by atoms with Gasteiger partial charge in [-0.05, 0) is 77.0 Å². The molecule has 0 fully saturated rings. The monoisotopic (exact) mass is 659 g/mol. The maximum absolute atomic E-state index is 13.5. The molecule has 0 bridgehead atoms. The summed E-state index contributed by atoms with van der Waals surface area (Å²) in [5, 5.41) is 9.59. The van der Waals surface area contributed by atoms with Crippen molar-refractivity contribution < 1.29 is 27.6 Å². The van der Waals surface area contributed by atoms with E-state index in [9.17, 15) is 27.6 Å². The lowest BCUT2D eigenvalue weighted by Crippen LogP contribution is -2.30. The van der Waals surface area contributed by atoms with Gasteiger partial charge in [-0.3, -0.25) is 14.4 Å². The van der Waals surface area contributed by atoms with E-state index in [4.69, 9.17) is 11.6 Å². The van der Waals surface area contributed by atoms with Crippen molar-refractivity contribution >= 4 is 69.3 Å². The van der Waals surface area contributed by atoms with Crippen molar-refractivity contribution in [2.24, 2.45) is 0 Å². The van der Waals surface area contributed by atoms with Crippen molar-refractivity contribution in [1.82, 2.24) is 5.32 Å². The molecule has 3 N–H and O–H groups in total. The van der Waals surface area contributed by atoms with E-state index in [1.807, 2.05) is 42.5 Å². The number of fused-ring (bicyclic) bond motifs is 1. The van der Waals surface area contributed by atoms with Crippen LogP contribution in [0.1, 0.15) is 21.5 Å². The van der Waals surface area contributed by atoms with E-state index in [-0.39, 0.29) is 22.2 Å². The second kappa shape index (κ2) is 14.4. The Morgan fingerprint density at radius 1 is 0.783 bits per heavy atom. The highest BCUT2D eigenvalue weighted by molar-refractivity contribution is 8.00. The van der Waals surface area contributed by atoms with Crippen molar-refractivity contribution in [1.29, 1.82) is 0 Å². The fraction of sp³-hybridized carbons (Fsp3) is 0.0571. The maximum Gasteiger partial charge on any atom is 0.418 e. The summed E-state index contributed by atoms with van der Waals surface area (Å²) in [4.78, 5) is 39.6. The van der Waals surface area contributed by atoms with Crippen LogP contribution in [0.3, 0.4) is 0 Å². The number of hydrogen-bond acceptors (Lipinski definition) is 4. The minimum Gasteiger partial charge on any atom is -0.325 e. The molecule has 5 aromatic rings. The summed E-state index contributed by atoms with van der Waals surface area (Å²) < 4.78 is 40.0. The number of amides is 3. The van der Waals surface area contributed by atoms with Crippen molar-refractivity contribution in [3.63, 3.8) is 0 Å². The molecule has 5 aromatic carbocycles. The average molecular weight is 660 g/mol. The summed E-state index contributed by atoms with van der Waals surface area (Å²) in [6.07, 6.45) is -3.07. The van der Waals surface area contributed by atoms with Crippen LogP contribution in [0.2, 0.25) is 5.02 Å². The molecule has 11 heteroatoms. The number of carbonyl (C=O) groups excluding carboxylic acids is 3. The summed E-state index contributed by atoms with van der Waals surface area (Å²) in [5.41, 5.74) is 0.158. The molecule has 0 unspecified atom stereocenters. The van der Waals surface area contributed by atoms with Gasteiger partial charge in [0.2, 0.25) is 5.91 Å². The molecule has 46 heavy (non-hydrogen) atoms. The normalized spacial score (nSPS) is 11.6. The van der Waals surface area contributed by atoms with Crippen LogP contribution in [0.4, 0.5) is 24.5 Å². The Morgan fingerprint density at radius 3 is 2.22 bits per heavy atom. The Kier molecular flexibility index (Phi) is 10.1. The predicted molar refractivity (Wildman–Crippen MR) is 177 cm³/mol. The van der Waals surface area contributed by atoms with Crippen LogP contribution >= 0.6 is 23.4 Å². The number of hydrogen-bond donors (Lipinski definition) is 3. The van der Waals surface area contributed by atoms with E-state index in [2.05, 4.69) is 16.0 Å². The highest BCUT2D eigenvalue weighted by Gasteiger charge is 2.34. The maximum atomic E-state index is 13.5. The SMILES string of the molecule is O=C(CSc1ccc(NC(=O)/C(=C/c2cccc3ccccc23)NC(=O)c2ccccc2)cc1)Nc1ccc(Cl)cc1C(F)(F)F. The van der Waals surface area contributed by atoms with Crippen LogP contribution in [-0.2, 0) is 15.8 Å². The summed E-state index contributed by atoms with van der Waals surface area (Å²) in [5.74, 6) is -1.80. The van der Waals surface area contributed by atoms with Crippen molar-refractivity contribution in [2.45, 2.75) is 11.1 Å². The largest absolute Gasteiger partial charge is 0.418 e. The first-order chi connectivity index (χ1) is 22.1. The number of rotatable bonds is 9. The molecule has 0 radical (unpaired) electrons. The topological polar surface area (TPSA) is 87.3 Å². The number of thioether (sulfide) groups is 1. The van der Waals surface area contributed by atoms with Gasteiger partial charge in [0.1, 0.15) is 5.70 Å². The van der Waals surface area contributed by atoms with E-state index in [1.54, 1.807) is 60.7 Å². The lowest BCUT2D eigenvalue weighted by atomic mass is 10.0. The van der Waals surface area contributed by atoms with Crippen LogP contribution in [0.5, 0.6) is 0 Å². The fourth-order valence-electron chi connectivity index (χ4n) is 4.50. The van der Waals surface area contributed by atoms with E-state index in [0.29, 0.717) is 16.1 Å². The summed E-state index contributed by atoms with van der Waals surface area (Å²) in [6, 6.07) is 31.6. The van der Waals surface area contributed by atoms with Gasteiger partial charge in [0.15, 0.2) is 0 Å². The molecular weight excluding hydrogens is 635 g/mol. The molecule has 0 aliphatic carbocycles. The Bertz CT molecular complexity index is 1930. The number of anilines is 2. The van der Waals surface area contributed by atoms with Crippen molar-refractivity contribution in [2.75, 3.05) is 16.4 Å². The zero-order valence-electron chi connectivity index (χ0n) is 23.9. The predicted octanol–water partition coefficient (Wildman–Crippen LogP) is 8.65. The van der Waals surface area contributed by atoms with Crippen molar-refractivity contribution in [3.05, 3.63) is 143 Å². The molecule has 0 saturated carbocycles. The van der Waals surface area contributed by atoms with Crippen LogP contribution in [-0.4, -0.2) is 23.5 Å². The van der Waals surface area contributed by atoms with E-state index in [0.717, 1.165) is 40.2 Å². The van der Waals surface area contributed by atoms with E-state index < -0.39 is 29.5 Å². The Balaban J connectivity index is 1.28.